The van der Waals surface area contributed by atoms with Crippen LogP contribution in [-0.4, -0.2) is 21.1 Å². The van der Waals surface area contributed by atoms with Gasteiger partial charge in [-0.1, -0.05) is 29.8 Å². The zero-order valence-corrected chi connectivity index (χ0v) is 8.96. The molecule has 0 amide bonds. The van der Waals surface area contributed by atoms with Crippen LogP contribution >= 0.6 is 11.6 Å². The van der Waals surface area contributed by atoms with E-state index in [0.29, 0.717) is 11.0 Å². The zero-order valence-electron chi connectivity index (χ0n) is 8.21. The Morgan fingerprint density at radius 3 is 2.94 bits per heavy atom. The fourth-order valence-corrected chi connectivity index (χ4v) is 1.25. The predicted molar refractivity (Wildman–Crippen MR) is 62.8 cm³/mol. The van der Waals surface area contributed by atoms with Gasteiger partial charge in [-0.15, -0.1) is 10.2 Å². The Morgan fingerprint density at radius 2 is 2.25 bits per heavy atom. The monoisotopic (exact) mass is 236 g/mol. The Morgan fingerprint density at radius 1 is 1.44 bits per heavy atom. The molecular formula is C9H9ClN6. The second kappa shape index (κ2) is 4.63. The van der Waals surface area contributed by atoms with Gasteiger partial charge in [-0.2, -0.15) is 5.10 Å². The summed E-state index contributed by atoms with van der Waals surface area (Å²) in [7, 11) is 0. The molecule has 1 aromatic heterocycles. The number of nitrogens with one attached hydrogen (secondary N) is 1. The van der Waals surface area contributed by atoms with Gasteiger partial charge < -0.3 is 5.84 Å². The van der Waals surface area contributed by atoms with Gasteiger partial charge in [-0.3, -0.25) is 0 Å². The number of benzene rings is 1. The zero-order chi connectivity index (χ0) is 11.4. The Labute approximate surface area is 96.7 Å². The van der Waals surface area contributed by atoms with Gasteiger partial charge in [0.05, 0.1) is 6.21 Å². The summed E-state index contributed by atoms with van der Waals surface area (Å²) < 4.78 is 1.23. The lowest BCUT2D eigenvalue weighted by molar-refractivity contribution is 0.988. The van der Waals surface area contributed by atoms with Crippen molar-refractivity contribution in [3.8, 4) is 0 Å². The fourth-order valence-electron chi connectivity index (χ4n) is 1.06. The van der Waals surface area contributed by atoms with Crippen LogP contribution in [0.25, 0.3) is 0 Å². The van der Waals surface area contributed by atoms with Crippen LogP contribution in [-0.2, 0) is 0 Å². The molecule has 0 atom stereocenters. The molecule has 3 N–H and O–H groups in total. The van der Waals surface area contributed by atoms with Crippen molar-refractivity contribution in [3.63, 3.8) is 0 Å². The molecule has 16 heavy (non-hydrogen) atoms. The van der Waals surface area contributed by atoms with Gasteiger partial charge in [0.1, 0.15) is 6.33 Å². The number of hydrogen-bond donors (Lipinski definition) is 2. The topological polar surface area (TPSA) is 81.1 Å². The van der Waals surface area contributed by atoms with E-state index in [-0.39, 0.29) is 0 Å². The quantitative estimate of drug-likeness (QED) is 0.475. The molecule has 0 spiro atoms. The normalized spacial score (nSPS) is 10.8. The minimum atomic E-state index is 0.350. The minimum Gasteiger partial charge on any atom is -0.335 e. The van der Waals surface area contributed by atoms with E-state index in [1.165, 1.54) is 11.0 Å². The maximum absolute atomic E-state index is 5.94. The predicted octanol–water partition coefficient (Wildman–Crippen LogP) is 1.09. The van der Waals surface area contributed by atoms with Crippen molar-refractivity contribution >= 4 is 23.8 Å². The van der Waals surface area contributed by atoms with E-state index in [0.717, 1.165) is 5.56 Å². The molecule has 0 radical (unpaired) electrons. The first kappa shape index (κ1) is 10.4. The molecule has 0 saturated carbocycles. The summed E-state index contributed by atoms with van der Waals surface area (Å²) in [4.78, 5) is 0. The van der Waals surface area contributed by atoms with Crippen molar-refractivity contribution in [2.24, 2.45) is 5.10 Å². The van der Waals surface area contributed by atoms with Gasteiger partial charge in [0.25, 0.3) is 5.95 Å². The summed E-state index contributed by atoms with van der Waals surface area (Å²) in [6.07, 6.45) is 2.95. The van der Waals surface area contributed by atoms with E-state index < -0.39 is 0 Å². The molecule has 0 aliphatic carbocycles. The van der Waals surface area contributed by atoms with Gasteiger partial charge in [-0.05, 0) is 6.07 Å². The van der Waals surface area contributed by atoms with Crippen LogP contribution < -0.4 is 11.3 Å². The Hall–Kier alpha value is -2.08. The number of aromatic nitrogens is 3. The third-order valence-electron chi connectivity index (χ3n) is 1.85. The lowest BCUT2D eigenvalue weighted by atomic mass is 10.2. The summed E-state index contributed by atoms with van der Waals surface area (Å²) in [5, 5.41) is 11.9. The average Bonchev–Trinajstić information content (AvgIpc) is 2.67. The molecule has 0 aliphatic rings. The second-order valence-electron chi connectivity index (χ2n) is 2.95. The summed E-state index contributed by atoms with van der Waals surface area (Å²) >= 11 is 5.94. The number of hydrogen-bond acceptors (Lipinski definition) is 5. The van der Waals surface area contributed by atoms with E-state index in [1.807, 2.05) is 18.2 Å². The fraction of sp³-hybridized carbons (Fsp3) is 0. The Balaban J connectivity index is 2.06. The van der Waals surface area contributed by atoms with Gasteiger partial charge in [0.2, 0.25) is 0 Å². The number of nitrogens with zero attached hydrogens (tertiary/aromatic N) is 4. The molecule has 0 aliphatic heterocycles. The first-order valence-electron chi connectivity index (χ1n) is 4.46. The molecule has 0 bridgehead atoms. The molecule has 0 saturated heterocycles. The molecule has 0 unspecified atom stereocenters. The number of halogens is 1. The third kappa shape index (κ3) is 2.29. The van der Waals surface area contributed by atoms with Gasteiger partial charge in [0, 0.05) is 10.6 Å². The number of hydrazone groups is 1. The molecule has 1 heterocycles. The van der Waals surface area contributed by atoms with Crippen molar-refractivity contribution in [1.82, 2.24) is 14.9 Å². The first-order valence-corrected chi connectivity index (χ1v) is 4.84. The van der Waals surface area contributed by atoms with E-state index in [1.54, 1.807) is 12.3 Å². The van der Waals surface area contributed by atoms with E-state index in [9.17, 15) is 0 Å². The number of nitrogen functional groups attached to an aromatic ring is 1. The van der Waals surface area contributed by atoms with Crippen LogP contribution in [0.2, 0.25) is 5.02 Å². The molecule has 7 heteroatoms. The van der Waals surface area contributed by atoms with Crippen LogP contribution in [0.3, 0.4) is 0 Å². The molecule has 1 aromatic carbocycles. The van der Waals surface area contributed by atoms with Crippen molar-refractivity contribution in [2.75, 3.05) is 11.3 Å². The van der Waals surface area contributed by atoms with Crippen molar-refractivity contribution in [2.45, 2.75) is 0 Å². The molecular weight excluding hydrogens is 228 g/mol. The summed E-state index contributed by atoms with van der Waals surface area (Å²) in [6, 6.07) is 7.36. The molecule has 6 nitrogen and oxygen atoms in total. The van der Waals surface area contributed by atoms with Gasteiger partial charge in [-0.25, -0.2) is 10.1 Å². The van der Waals surface area contributed by atoms with Crippen molar-refractivity contribution < 1.29 is 0 Å². The first-order chi connectivity index (χ1) is 7.77. The van der Waals surface area contributed by atoms with Crippen molar-refractivity contribution in [3.05, 3.63) is 41.2 Å². The highest BCUT2D eigenvalue weighted by atomic mass is 35.5. The van der Waals surface area contributed by atoms with Crippen LogP contribution in [0.5, 0.6) is 0 Å². The second-order valence-corrected chi connectivity index (χ2v) is 3.36. The summed E-state index contributed by atoms with van der Waals surface area (Å²) in [6.45, 7) is 0. The molecule has 0 fully saturated rings. The highest BCUT2D eigenvalue weighted by Gasteiger charge is 1.97. The van der Waals surface area contributed by atoms with Crippen LogP contribution in [0.15, 0.2) is 35.7 Å². The highest BCUT2D eigenvalue weighted by molar-refractivity contribution is 6.33. The lowest BCUT2D eigenvalue weighted by Gasteiger charge is -1.98. The van der Waals surface area contributed by atoms with Crippen molar-refractivity contribution in [1.29, 1.82) is 0 Å². The van der Waals surface area contributed by atoms with Crippen LogP contribution in [0.4, 0.5) is 5.95 Å². The summed E-state index contributed by atoms with van der Waals surface area (Å²) in [5.41, 5.74) is 3.45. The minimum absolute atomic E-state index is 0.350. The summed E-state index contributed by atoms with van der Waals surface area (Å²) in [5.74, 6) is 5.83. The maximum atomic E-state index is 5.94. The van der Waals surface area contributed by atoms with E-state index >= 15 is 0 Å². The number of anilines is 1. The molecule has 82 valence electrons. The number of nitrogens with two attached hydrogens (primary N) is 1. The third-order valence-corrected chi connectivity index (χ3v) is 2.19. The van der Waals surface area contributed by atoms with Gasteiger partial charge >= 0.3 is 0 Å². The highest BCUT2D eigenvalue weighted by Crippen LogP contribution is 2.12. The number of rotatable bonds is 3. The Kier molecular flexibility index (Phi) is 3.02. The lowest BCUT2D eigenvalue weighted by Crippen LogP contribution is -2.10. The van der Waals surface area contributed by atoms with E-state index in [2.05, 4.69) is 20.7 Å². The SMILES string of the molecule is Nn1cnnc1N/N=C/c1ccccc1Cl. The standard InChI is InChI=1S/C9H9ClN6/c10-8-4-2-1-3-7(8)5-12-14-9-15-13-6-16(9)11/h1-6H,11H2,(H,14,15)/b12-5+. The van der Waals surface area contributed by atoms with E-state index in [4.69, 9.17) is 17.4 Å². The largest absolute Gasteiger partial charge is 0.335 e. The van der Waals surface area contributed by atoms with Crippen LogP contribution in [0, 0.1) is 0 Å². The average molecular weight is 237 g/mol. The molecule has 2 rings (SSSR count). The Bertz CT molecular complexity index is 506. The maximum Gasteiger partial charge on any atom is 0.263 e. The van der Waals surface area contributed by atoms with Crippen LogP contribution in [0.1, 0.15) is 5.56 Å². The smallest absolute Gasteiger partial charge is 0.263 e. The van der Waals surface area contributed by atoms with Gasteiger partial charge in [0.15, 0.2) is 0 Å². The molecule has 2 aromatic rings.